The highest BCUT2D eigenvalue weighted by Gasteiger charge is 2.28. The lowest BCUT2D eigenvalue weighted by Gasteiger charge is -2.37. The summed E-state index contributed by atoms with van der Waals surface area (Å²) in [5.41, 5.74) is 5.85. The summed E-state index contributed by atoms with van der Waals surface area (Å²) in [6, 6.07) is 10.7. The monoisotopic (exact) mass is 482 g/mol. The number of pyridine rings is 1. The molecule has 5 heterocycles. The summed E-state index contributed by atoms with van der Waals surface area (Å²) in [5, 5.41) is 19.0. The van der Waals surface area contributed by atoms with Gasteiger partial charge in [0.2, 0.25) is 5.91 Å². The van der Waals surface area contributed by atoms with Crippen molar-refractivity contribution in [2.75, 3.05) is 37.6 Å². The van der Waals surface area contributed by atoms with Crippen LogP contribution in [0.3, 0.4) is 0 Å². The first-order chi connectivity index (χ1) is 17.8. The van der Waals surface area contributed by atoms with Gasteiger partial charge < -0.3 is 15.1 Å². The molecule has 6 rings (SSSR count). The van der Waals surface area contributed by atoms with Crippen LogP contribution in [0.2, 0.25) is 0 Å². The molecule has 184 valence electrons. The first-order valence-corrected chi connectivity index (χ1v) is 12.6. The van der Waals surface area contributed by atoms with Gasteiger partial charge in [-0.05, 0) is 37.1 Å². The Bertz CT molecular complexity index is 1350. The van der Waals surface area contributed by atoms with Crippen LogP contribution in [0.15, 0.2) is 48.9 Å². The normalized spacial score (nSPS) is 18.5. The average molecular weight is 483 g/mol. The predicted molar refractivity (Wildman–Crippen MR) is 141 cm³/mol. The van der Waals surface area contributed by atoms with Crippen molar-refractivity contribution in [1.82, 2.24) is 35.6 Å². The third kappa shape index (κ3) is 4.49. The average Bonchev–Trinajstić information content (AvgIpc) is 3.70. The fourth-order valence-corrected chi connectivity index (χ4v) is 5.25. The molecule has 2 aliphatic heterocycles. The maximum atomic E-state index is 12.9. The Labute approximate surface area is 209 Å². The second-order valence-electron chi connectivity index (χ2n) is 9.45. The minimum absolute atomic E-state index is 0.254. The molecule has 3 aromatic heterocycles. The molecular weight excluding hydrogens is 452 g/mol. The van der Waals surface area contributed by atoms with Gasteiger partial charge in [0.25, 0.3) is 0 Å². The number of anilines is 1. The third-order valence-corrected chi connectivity index (χ3v) is 7.16. The van der Waals surface area contributed by atoms with Crippen LogP contribution >= 0.6 is 0 Å². The van der Waals surface area contributed by atoms with Crippen molar-refractivity contribution in [2.24, 2.45) is 0 Å². The fraction of sp³-hybridized carbons (Fsp3) is 0.333. The van der Waals surface area contributed by atoms with E-state index in [1.807, 2.05) is 47.6 Å². The number of H-pyrrole nitrogens is 2. The summed E-state index contributed by atoms with van der Waals surface area (Å²) in [5.74, 6) is 0.254. The molecule has 2 saturated heterocycles. The van der Waals surface area contributed by atoms with Crippen molar-refractivity contribution >= 4 is 34.8 Å². The van der Waals surface area contributed by atoms with Crippen molar-refractivity contribution in [3.05, 3.63) is 60.2 Å². The van der Waals surface area contributed by atoms with E-state index < -0.39 is 0 Å². The van der Waals surface area contributed by atoms with E-state index in [0.29, 0.717) is 31.2 Å². The van der Waals surface area contributed by atoms with Crippen molar-refractivity contribution < 1.29 is 4.79 Å². The maximum Gasteiger partial charge on any atom is 0.224 e. The summed E-state index contributed by atoms with van der Waals surface area (Å²) in [6.07, 6.45) is 12.4. The molecule has 1 amide bonds. The predicted octanol–water partition coefficient (Wildman–Crippen LogP) is 3.31. The van der Waals surface area contributed by atoms with Crippen LogP contribution in [0.4, 0.5) is 5.69 Å². The zero-order chi connectivity index (χ0) is 24.3. The molecule has 9 heteroatoms. The largest absolute Gasteiger partial charge is 0.367 e. The lowest BCUT2D eigenvalue weighted by atomic mass is 10.0. The summed E-state index contributed by atoms with van der Waals surface area (Å²) in [4.78, 5) is 22.0. The summed E-state index contributed by atoms with van der Waals surface area (Å²) in [7, 11) is 0. The van der Waals surface area contributed by atoms with Crippen LogP contribution < -0.4 is 10.2 Å². The number of aromatic amines is 2. The molecule has 2 aliphatic rings. The number of carbonyl (C=O) groups excluding carboxylic acids is 1. The first kappa shape index (κ1) is 22.5. The molecule has 0 aliphatic carbocycles. The molecule has 36 heavy (non-hydrogen) atoms. The van der Waals surface area contributed by atoms with E-state index in [-0.39, 0.29) is 5.91 Å². The Kier molecular flexibility index (Phi) is 6.21. The van der Waals surface area contributed by atoms with Crippen molar-refractivity contribution in [1.29, 1.82) is 0 Å². The Morgan fingerprint density at radius 3 is 2.69 bits per heavy atom. The lowest BCUT2D eigenvalue weighted by Crippen LogP contribution is -2.50. The number of aromatic nitrogens is 5. The van der Waals surface area contributed by atoms with Crippen LogP contribution in [0, 0.1) is 0 Å². The maximum absolute atomic E-state index is 12.9. The lowest BCUT2D eigenvalue weighted by molar-refractivity contribution is -0.131. The van der Waals surface area contributed by atoms with E-state index in [0.717, 1.165) is 65.9 Å². The molecule has 1 unspecified atom stereocenters. The molecule has 0 radical (unpaired) electrons. The Morgan fingerprint density at radius 2 is 1.94 bits per heavy atom. The van der Waals surface area contributed by atoms with Gasteiger partial charge in [-0.1, -0.05) is 30.3 Å². The minimum atomic E-state index is 0.254. The van der Waals surface area contributed by atoms with Crippen LogP contribution in [-0.2, 0) is 4.79 Å². The summed E-state index contributed by atoms with van der Waals surface area (Å²) in [6.45, 7) is 3.97. The molecule has 1 atom stereocenters. The quantitative estimate of drug-likeness (QED) is 0.389. The number of nitrogens with one attached hydrogen (secondary N) is 3. The second-order valence-corrected chi connectivity index (χ2v) is 9.45. The number of rotatable bonds is 6. The number of nitrogens with zero attached hydrogens (tertiary/aromatic N) is 5. The molecule has 3 N–H and O–H groups in total. The number of benzene rings is 1. The van der Waals surface area contributed by atoms with Gasteiger partial charge in [0.05, 0.1) is 23.0 Å². The van der Waals surface area contributed by atoms with Gasteiger partial charge in [0, 0.05) is 62.2 Å². The van der Waals surface area contributed by atoms with Gasteiger partial charge >= 0.3 is 0 Å². The van der Waals surface area contributed by atoms with Gasteiger partial charge in [-0.25, -0.2) is 4.98 Å². The van der Waals surface area contributed by atoms with E-state index in [1.54, 1.807) is 6.20 Å². The number of fused-ring (bicyclic) bond motifs is 1. The van der Waals surface area contributed by atoms with Gasteiger partial charge in [0.1, 0.15) is 0 Å². The second kappa shape index (κ2) is 9.94. The smallest absolute Gasteiger partial charge is 0.224 e. The minimum Gasteiger partial charge on any atom is -0.367 e. The SMILES string of the molecule is O=C(CC1CCCN1)N1CCN(c2c(-c3ccccc3)cnc3n[nH]c(/C=C\c4cn[nH]c4)c23)CC1. The molecule has 0 spiro atoms. The molecule has 4 aromatic rings. The van der Waals surface area contributed by atoms with E-state index in [9.17, 15) is 4.79 Å². The third-order valence-electron chi connectivity index (χ3n) is 7.16. The van der Waals surface area contributed by atoms with Crippen LogP contribution in [0.5, 0.6) is 0 Å². The highest BCUT2D eigenvalue weighted by molar-refractivity contribution is 6.03. The molecule has 9 nitrogen and oxygen atoms in total. The van der Waals surface area contributed by atoms with Crippen molar-refractivity contribution in [3.63, 3.8) is 0 Å². The first-order valence-electron chi connectivity index (χ1n) is 12.6. The molecule has 2 fully saturated rings. The standard InChI is InChI=1S/C27H30N8O/c36-24(15-21-7-4-10-28-21)34-11-13-35(14-12-34)26-22(20-5-2-1-3-6-20)18-29-27-25(26)23(32-33-27)9-8-19-16-30-31-17-19/h1-3,5-6,8-9,16-18,21,28H,4,7,10-15H2,(H,30,31)(H,29,32,33)/b9-8-. The van der Waals surface area contributed by atoms with Gasteiger partial charge in [-0.2, -0.15) is 10.2 Å². The van der Waals surface area contributed by atoms with E-state index >= 15 is 0 Å². The fourth-order valence-electron chi connectivity index (χ4n) is 5.25. The van der Waals surface area contributed by atoms with E-state index in [2.05, 4.69) is 47.7 Å². The van der Waals surface area contributed by atoms with Crippen LogP contribution in [0.25, 0.3) is 34.3 Å². The summed E-state index contributed by atoms with van der Waals surface area (Å²) >= 11 is 0. The molecular formula is C27H30N8O. The Morgan fingerprint density at radius 1 is 1.08 bits per heavy atom. The highest BCUT2D eigenvalue weighted by atomic mass is 16.2. The van der Waals surface area contributed by atoms with E-state index in [1.165, 1.54) is 0 Å². The zero-order valence-electron chi connectivity index (χ0n) is 20.2. The topological polar surface area (TPSA) is 106 Å². The van der Waals surface area contributed by atoms with E-state index in [4.69, 9.17) is 0 Å². The number of hydrogen-bond acceptors (Lipinski definition) is 6. The number of carbonyl (C=O) groups is 1. The van der Waals surface area contributed by atoms with Gasteiger partial charge in [0.15, 0.2) is 5.65 Å². The van der Waals surface area contributed by atoms with Crippen molar-refractivity contribution in [2.45, 2.75) is 25.3 Å². The number of hydrogen-bond donors (Lipinski definition) is 3. The number of piperazine rings is 1. The Balaban J connectivity index is 1.33. The van der Waals surface area contributed by atoms with Gasteiger partial charge in [-0.3, -0.25) is 15.0 Å². The number of amides is 1. The summed E-state index contributed by atoms with van der Waals surface area (Å²) < 4.78 is 0. The van der Waals surface area contributed by atoms with Crippen LogP contribution in [0.1, 0.15) is 30.5 Å². The zero-order valence-corrected chi connectivity index (χ0v) is 20.2. The van der Waals surface area contributed by atoms with Gasteiger partial charge in [-0.15, -0.1) is 0 Å². The highest BCUT2D eigenvalue weighted by Crippen LogP contribution is 2.38. The molecule has 0 bridgehead atoms. The Hall–Kier alpha value is -3.98. The van der Waals surface area contributed by atoms with Crippen molar-refractivity contribution in [3.8, 4) is 11.1 Å². The van der Waals surface area contributed by atoms with Crippen LogP contribution in [-0.4, -0.2) is 75.0 Å². The molecule has 1 aromatic carbocycles. The molecule has 0 saturated carbocycles.